The van der Waals surface area contributed by atoms with E-state index in [0.717, 1.165) is 62.5 Å². The minimum Gasteiger partial charge on any atom is -0.494 e. The summed E-state index contributed by atoms with van der Waals surface area (Å²) in [5.74, 6) is 2.54. The smallest absolute Gasteiger partial charge is 0.225 e. The Morgan fingerprint density at radius 2 is 1.80 bits per heavy atom. The number of guanidine groups is 1. The molecule has 2 N–H and O–H groups in total. The van der Waals surface area contributed by atoms with Crippen molar-refractivity contribution in [1.82, 2.24) is 25.5 Å². The number of halogens is 1. The van der Waals surface area contributed by atoms with E-state index in [1.165, 1.54) is 0 Å². The van der Waals surface area contributed by atoms with Crippen LogP contribution in [0.3, 0.4) is 0 Å². The van der Waals surface area contributed by atoms with E-state index in [4.69, 9.17) is 4.74 Å². The predicted octanol–water partition coefficient (Wildman–Crippen LogP) is 1.98. The highest BCUT2D eigenvalue weighted by molar-refractivity contribution is 14.0. The van der Waals surface area contributed by atoms with Gasteiger partial charge in [0.05, 0.1) is 6.61 Å². The van der Waals surface area contributed by atoms with Crippen molar-refractivity contribution in [3.63, 3.8) is 0 Å². The standard InChI is InChI=1S/C21H31N7O.HI/c1-3-29-19-8-5-4-7-18(19)17-26-20(22-2)23-11-12-27-13-15-28(16-14-27)21-24-9-6-10-25-21;/h4-10H,3,11-17H2,1-2H3,(H2,22,23,26);1H. The first-order valence-corrected chi connectivity index (χ1v) is 10.2. The predicted molar refractivity (Wildman–Crippen MR) is 132 cm³/mol. The minimum atomic E-state index is 0. The molecule has 0 spiro atoms. The summed E-state index contributed by atoms with van der Waals surface area (Å²) in [6.07, 6.45) is 3.59. The Balaban J connectivity index is 0.00000320. The summed E-state index contributed by atoms with van der Waals surface area (Å²) in [5, 5.41) is 6.77. The average Bonchev–Trinajstić information content (AvgIpc) is 2.78. The van der Waals surface area contributed by atoms with Crippen LogP contribution in [-0.4, -0.2) is 73.8 Å². The van der Waals surface area contributed by atoms with Gasteiger partial charge in [-0.2, -0.15) is 0 Å². The van der Waals surface area contributed by atoms with Crippen molar-refractivity contribution in [1.29, 1.82) is 0 Å². The number of aromatic nitrogens is 2. The topological polar surface area (TPSA) is 77.9 Å². The summed E-state index contributed by atoms with van der Waals surface area (Å²) in [7, 11) is 1.79. The lowest BCUT2D eigenvalue weighted by molar-refractivity contribution is 0.260. The van der Waals surface area contributed by atoms with Gasteiger partial charge < -0.3 is 20.3 Å². The van der Waals surface area contributed by atoms with E-state index in [9.17, 15) is 0 Å². The summed E-state index contributed by atoms with van der Waals surface area (Å²) in [4.78, 5) is 17.7. The van der Waals surface area contributed by atoms with Gasteiger partial charge in [-0.3, -0.25) is 9.89 Å². The highest BCUT2D eigenvalue weighted by Gasteiger charge is 2.18. The fraction of sp³-hybridized carbons (Fsp3) is 0.476. The molecule has 0 atom stereocenters. The van der Waals surface area contributed by atoms with E-state index in [2.05, 4.69) is 41.5 Å². The first kappa shape index (κ1) is 24.1. The summed E-state index contributed by atoms with van der Waals surface area (Å²) in [6.45, 7) is 9.06. The van der Waals surface area contributed by atoms with Crippen LogP contribution in [0.15, 0.2) is 47.7 Å². The van der Waals surface area contributed by atoms with Crippen LogP contribution in [-0.2, 0) is 6.54 Å². The van der Waals surface area contributed by atoms with Crippen molar-refractivity contribution in [2.45, 2.75) is 13.5 Å². The molecule has 2 heterocycles. The second-order valence-electron chi connectivity index (χ2n) is 6.77. The minimum absolute atomic E-state index is 0. The lowest BCUT2D eigenvalue weighted by atomic mass is 10.2. The average molecular weight is 525 g/mol. The molecule has 1 aliphatic heterocycles. The van der Waals surface area contributed by atoms with Gasteiger partial charge in [0.15, 0.2) is 5.96 Å². The first-order valence-electron chi connectivity index (χ1n) is 10.2. The van der Waals surface area contributed by atoms with Crippen LogP contribution < -0.4 is 20.3 Å². The number of hydrogen-bond acceptors (Lipinski definition) is 6. The maximum absolute atomic E-state index is 5.68. The van der Waals surface area contributed by atoms with Crippen molar-refractivity contribution < 1.29 is 4.74 Å². The number of nitrogens with zero attached hydrogens (tertiary/aromatic N) is 5. The zero-order valence-corrected chi connectivity index (χ0v) is 20.1. The normalized spacial score (nSPS) is 14.7. The number of anilines is 1. The van der Waals surface area contributed by atoms with E-state index >= 15 is 0 Å². The molecule has 0 saturated carbocycles. The number of nitrogens with one attached hydrogen (secondary N) is 2. The Bertz CT molecular complexity index is 767. The summed E-state index contributed by atoms with van der Waals surface area (Å²) < 4.78 is 5.68. The van der Waals surface area contributed by atoms with Crippen LogP contribution in [0.1, 0.15) is 12.5 Å². The van der Waals surface area contributed by atoms with Crippen LogP contribution in [0.2, 0.25) is 0 Å². The third-order valence-electron chi connectivity index (χ3n) is 4.87. The molecule has 0 unspecified atom stereocenters. The number of para-hydroxylation sites is 1. The molecule has 164 valence electrons. The third-order valence-corrected chi connectivity index (χ3v) is 4.87. The Labute approximate surface area is 196 Å². The quantitative estimate of drug-likeness (QED) is 0.310. The number of hydrogen-bond donors (Lipinski definition) is 2. The van der Waals surface area contributed by atoms with Crippen LogP contribution in [0.25, 0.3) is 0 Å². The van der Waals surface area contributed by atoms with Crippen LogP contribution >= 0.6 is 24.0 Å². The van der Waals surface area contributed by atoms with E-state index in [1.807, 2.05) is 31.2 Å². The van der Waals surface area contributed by atoms with Gasteiger partial charge in [0, 0.05) is 70.8 Å². The van der Waals surface area contributed by atoms with Crippen molar-refractivity contribution >= 4 is 35.9 Å². The number of aliphatic imine (C=N–C) groups is 1. The number of piperazine rings is 1. The molecular weight excluding hydrogens is 493 g/mol. The van der Waals surface area contributed by atoms with Gasteiger partial charge in [-0.15, -0.1) is 24.0 Å². The Kier molecular flexibility index (Phi) is 10.6. The Hall–Kier alpha value is -2.14. The van der Waals surface area contributed by atoms with E-state index in [1.54, 1.807) is 19.4 Å². The van der Waals surface area contributed by atoms with Crippen molar-refractivity contribution in [3.8, 4) is 5.75 Å². The maximum atomic E-state index is 5.68. The van der Waals surface area contributed by atoms with Crippen molar-refractivity contribution in [2.24, 2.45) is 4.99 Å². The number of benzene rings is 1. The van der Waals surface area contributed by atoms with Crippen LogP contribution in [0, 0.1) is 0 Å². The van der Waals surface area contributed by atoms with E-state index in [0.29, 0.717) is 13.2 Å². The van der Waals surface area contributed by atoms with E-state index in [-0.39, 0.29) is 24.0 Å². The molecule has 2 aromatic rings. The molecule has 3 rings (SSSR count). The molecule has 1 aliphatic rings. The fourth-order valence-electron chi connectivity index (χ4n) is 3.30. The lowest BCUT2D eigenvalue weighted by Crippen LogP contribution is -2.49. The first-order chi connectivity index (χ1) is 14.3. The highest BCUT2D eigenvalue weighted by atomic mass is 127. The van der Waals surface area contributed by atoms with E-state index < -0.39 is 0 Å². The van der Waals surface area contributed by atoms with Gasteiger partial charge >= 0.3 is 0 Å². The molecule has 0 radical (unpaired) electrons. The van der Waals surface area contributed by atoms with Crippen molar-refractivity contribution in [2.75, 3.05) is 57.8 Å². The molecular formula is C21H32IN7O. The monoisotopic (exact) mass is 525 g/mol. The third kappa shape index (κ3) is 7.28. The summed E-state index contributed by atoms with van der Waals surface area (Å²) >= 11 is 0. The van der Waals surface area contributed by atoms with Gasteiger partial charge in [0.2, 0.25) is 5.95 Å². The van der Waals surface area contributed by atoms with Gasteiger partial charge in [-0.05, 0) is 19.1 Å². The molecule has 8 nitrogen and oxygen atoms in total. The Morgan fingerprint density at radius 3 is 2.50 bits per heavy atom. The molecule has 9 heteroatoms. The van der Waals surface area contributed by atoms with Crippen LogP contribution in [0.5, 0.6) is 5.75 Å². The zero-order chi connectivity index (χ0) is 20.3. The lowest BCUT2D eigenvalue weighted by Gasteiger charge is -2.34. The summed E-state index contributed by atoms with van der Waals surface area (Å²) in [5.41, 5.74) is 1.12. The second kappa shape index (κ2) is 13.2. The molecule has 0 bridgehead atoms. The van der Waals surface area contributed by atoms with Gasteiger partial charge in [-0.25, -0.2) is 9.97 Å². The molecule has 1 fully saturated rings. The maximum Gasteiger partial charge on any atom is 0.225 e. The van der Waals surface area contributed by atoms with Crippen LogP contribution in [0.4, 0.5) is 5.95 Å². The molecule has 1 saturated heterocycles. The molecule has 0 aliphatic carbocycles. The highest BCUT2D eigenvalue weighted by Crippen LogP contribution is 2.17. The number of rotatable bonds is 8. The SMILES string of the molecule is CCOc1ccccc1CNC(=NC)NCCN1CCN(c2ncccn2)CC1.I. The summed E-state index contributed by atoms with van der Waals surface area (Å²) in [6, 6.07) is 9.93. The number of ether oxygens (including phenoxy) is 1. The fourth-order valence-corrected chi connectivity index (χ4v) is 3.30. The van der Waals surface area contributed by atoms with Gasteiger partial charge in [0.1, 0.15) is 5.75 Å². The van der Waals surface area contributed by atoms with Crippen molar-refractivity contribution in [3.05, 3.63) is 48.3 Å². The molecule has 0 amide bonds. The second-order valence-corrected chi connectivity index (χ2v) is 6.77. The Morgan fingerprint density at radius 1 is 1.07 bits per heavy atom. The zero-order valence-electron chi connectivity index (χ0n) is 17.8. The molecule has 1 aromatic carbocycles. The van der Waals surface area contributed by atoms with Gasteiger partial charge in [-0.1, -0.05) is 18.2 Å². The molecule has 30 heavy (non-hydrogen) atoms. The molecule has 1 aromatic heterocycles. The largest absolute Gasteiger partial charge is 0.494 e. The van der Waals surface area contributed by atoms with Gasteiger partial charge in [0.25, 0.3) is 0 Å².